The number of benzene rings is 1. The van der Waals surface area contributed by atoms with E-state index in [0.29, 0.717) is 6.04 Å². The molecule has 2 heterocycles. The smallest absolute Gasteiger partial charge is 0.0670 e. The Morgan fingerprint density at radius 2 is 2.20 bits per heavy atom. The number of nitrogens with zero attached hydrogens (tertiary/aromatic N) is 2. The molecule has 108 valence electrons. The van der Waals surface area contributed by atoms with Crippen LogP contribution in [0.1, 0.15) is 26.7 Å². The number of likely N-dealkylation sites (tertiary alicyclic amines) is 1. The summed E-state index contributed by atoms with van der Waals surface area (Å²) in [4.78, 5) is 2.54. The first kappa shape index (κ1) is 13.4. The van der Waals surface area contributed by atoms with Crippen LogP contribution in [0.4, 0.5) is 5.69 Å². The normalized spacial score (nSPS) is 19.3. The zero-order valence-corrected chi connectivity index (χ0v) is 12.4. The number of fused-ring (bicyclic) bond motifs is 1. The lowest BCUT2D eigenvalue weighted by Gasteiger charge is -2.34. The maximum atomic E-state index is 4.07. The Hall–Kier alpha value is -1.55. The van der Waals surface area contributed by atoms with E-state index in [-0.39, 0.29) is 0 Å². The highest BCUT2D eigenvalue weighted by atomic mass is 15.1. The summed E-state index contributed by atoms with van der Waals surface area (Å²) in [6.07, 6.45) is 4.46. The lowest BCUT2D eigenvalue weighted by molar-refractivity contribution is 0.183. The maximum Gasteiger partial charge on any atom is 0.0670 e. The van der Waals surface area contributed by atoms with Crippen LogP contribution in [0.15, 0.2) is 24.4 Å². The fourth-order valence-electron chi connectivity index (χ4n) is 3.18. The lowest BCUT2D eigenvalue weighted by Crippen LogP contribution is -2.39. The van der Waals surface area contributed by atoms with Crippen LogP contribution in [-0.4, -0.2) is 40.8 Å². The molecule has 0 saturated carbocycles. The van der Waals surface area contributed by atoms with Crippen LogP contribution in [0.3, 0.4) is 0 Å². The molecule has 4 heteroatoms. The Kier molecular flexibility index (Phi) is 3.92. The van der Waals surface area contributed by atoms with Gasteiger partial charge in [0.15, 0.2) is 0 Å². The minimum atomic E-state index is 0.523. The molecule has 0 bridgehead atoms. The molecule has 1 fully saturated rings. The van der Waals surface area contributed by atoms with E-state index in [0.717, 1.165) is 11.4 Å². The van der Waals surface area contributed by atoms with Crippen LogP contribution >= 0.6 is 0 Å². The zero-order valence-electron chi connectivity index (χ0n) is 12.4. The molecule has 0 radical (unpaired) electrons. The van der Waals surface area contributed by atoms with Gasteiger partial charge in [0.25, 0.3) is 0 Å². The number of aromatic amines is 1. The number of hydrogen-bond acceptors (Lipinski definition) is 3. The van der Waals surface area contributed by atoms with E-state index in [9.17, 15) is 0 Å². The Bertz CT molecular complexity index is 554. The van der Waals surface area contributed by atoms with E-state index in [4.69, 9.17) is 0 Å². The summed E-state index contributed by atoms with van der Waals surface area (Å²) in [7, 11) is 0. The molecule has 2 N–H and O–H groups in total. The summed E-state index contributed by atoms with van der Waals surface area (Å²) in [5.74, 6) is 0.773. The molecule has 3 rings (SSSR count). The summed E-state index contributed by atoms with van der Waals surface area (Å²) < 4.78 is 0. The average molecular weight is 272 g/mol. The summed E-state index contributed by atoms with van der Waals surface area (Å²) in [6.45, 7) is 8.23. The third kappa shape index (κ3) is 2.80. The summed E-state index contributed by atoms with van der Waals surface area (Å²) in [5.41, 5.74) is 2.29. The second-order valence-electron chi connectivity index (χ2n) is 5.88. The van der Waals surface area contributed by atoms with Crippen molar-refractivity contribution in [1.82, 2.24) is 15.1 Å². The van der Waals surface area contributed by atoms with E-state index in [1.54, 1.807) is 0 Å². The largest absolute Gasteiger partial charge is 0.382 e. The topological polar surface area (TPSA) is 44.0 Å². The van der Waals surface area contributed by atoms with Gasteiger partial charge >= 0.3 is 0 Å². The predicted molar refractivity (Wildman–Crippen MR) is 84.0 cm³/mol. The molecule has 1 atom stereocenters. The third-order valence-electron chi connectivity index (χ3n) is 4.62. The Morgan fingerprint density at radius 3 is 2.95 bits per heavy atom. The fourth-order valence-corrected chi connectivity index (χ4v) is 3.18. The lowest BCUT2D eigenvalue weighted by atomic mass is 9.90. The molecule has 1 aliphatic rings. The fraction of sp³-hybridized carbons (Fsp3) is 0.562. The molecule has 20 heavy (non-hydrogen) atoms. The maximum absolute atomic E-state index is 4.07. The van der Waals surface area contributed by atoms with Crippen LogP contribution < -0.4 is 5.32 Å². The van der Waals surface area contributed by atoms with E-state index in [2.05, 4.69) is 52.5 Å². The van der Waals surface area contributed by atoms with Crippen molar-refractivity contribution in [2.24, 2.45) is 5.92 Å². The van der Waals surface area contributed by atoms with Crippen molar-refractivity contribution in [3.05, 3.63) is 24.4 Å². The number of rotatable bonds is 4. The number of aromatic nitrogens is 2. The first-order valence-electron chi connectivity index (χ1n) is 7.68. The number of piperidine rings is 1. The van der Waals surface area contributed by atoms with Gasteiger partial charge in [0.2, 0.25) is 0 Å². The number of H-pyrrole nitrogens is 1. The third-order valence-corrected chi connectivity index (χ3v) is 4.62. The first-order chi connectivity index (χ1) is 9.76. The van der Waals surface area contributed by atoms with E-state index < -0.39 is 0 Å². The van der Waals surface area contributed by atoms with Gasteiger partial charge in [-0.15, -0.1) is 0 Å². The van der Waals surface area contributed by atoms with Crippen LogP contribution in [0.25, 0.3) is 10.9 Å². The van der Waals surface area contributed by atoms with Gasteiger partial charge in [-0.2, -0.15) is 5.10 Å². The van der Waals surface area contributed by atoms with E-state index in [1.807, 2.05) is 6.20 Å². The van der Waals surface area contributed by atoms with E-state index in [1.165, 1.54) is 43.5 Å². The van der Waals surface area contributed by atoms with Crippen molar-refractivity contribution in [3.63, 3.8) is 0 Å². The van der Waals surface area contributed by atoms with Gasteiger partial charge in [-0.3, -0.25) is 5.10 Å². The van der Waals surface area contributed by atoms with Gasteiger partial charge in [-0.05, 0) is 63.5 Å². The molecule has 4 nitrogen and oxygen atoms in total. The van der Waals surface area contributed by atoms with Crippen molar-refractivity contribution in [2.75, 3.05) is 25.0 Å². The average Bonchev–Trinajstić information content (AvgIpc) is 2.95. The van der Waals surface area contributed by atoms with Gasteiger partial charge < -0.3 is 10.2 Å². The summed E-state index contributed by atoms with van der Waals surface area (Å²) in [6, 6.07) is 6.94. The summed E-state index contributed by atoms with van der Waals surface area (Å²) >= 11 is 0. The molecule has 1 aromatic heterocycles. The van der Waals surface area contributed by atoms with Crippen LogP contribution in [0.5, 0.6) is 0 Å². The molecule has 1 aliphatic heterocycles. The molecule has 1 unspecified atom stereocenters. The van der Waals surface area contributed by atoms with Crippen molar-refractivity contribution >= 4 is 16.6 Å². The van der Waals surface area contributed by atoms with Gasteiger partial charge in [0.05, 0.1) is 11.7 Å². The molecule has 1 saturated heterocycles. The predicted octanol–water partition coefficient (Wildman–Crippen LogP) is 3.10. The van der Waals surface area contributed by atoms with Crippen LogP contribution in [0, 0.1) is 5.92 Å². The number of anilines is 1. The van der Waals surface area contributed by atoms with Crippen molar-refractivity contribution in [3.8, 4) is 0 Å². The van der Waals surface area contributed by atoms with Crippen LogP contribution in [-0.2, 0) is 0 Å². The SMILES string of the molecule is CCN1CCC(C(C)Nc2ccc3cn[nH]c3c2)CC1. The highest BCUT2D eigenvalue weighted by Crippen LogP contribution is 2.24. The van der Waals surface area contributed by atoms with Crippen molar-refractivity contribution in [2.45, 2.75) is 32.7 Å². The Labute approximate surface area is 120 Å². The standard InChI is InChI=1S/C16H24N4/c1-3-20-8-6-13(7-9-20)12(2)18-15-5-4-14-11-17-19-16(14)10-15/h4-5,10-13,18H,3,6-9H2,1-2H3,(H,17,19). The second-order valence-corrected chi connectivity index (χ2v) is 5.88. The van der Waals surface area contributed by atoms with E-state index >= 15 is 0 Å². The molecule has 2 aromatic rings. The highest BCUT2D eigenvalue weighted by Gasteiger charge is 2.23. The molecule has 1 aromatic carbocycles. The minimum absolute atomic E-state index is 0.523. The highest BCUT2D eigenvalue weighted by molar-refractivity contribution is 5.81. The molecule has 0 amide bonds. The number of nitrogens with one attached hydrogen (secondary N) is 2. The quantitative estimate of drug-likeness (QED) is 0.899. The van der Waals surface area contributed by atoms with Crippen molar-refractivity contribution < 1.29 is 0 Å². The summed E-state index contributed by atoms with van der Waals surface area (Å²) in [5, 5.41) is 11.9. The van der Waals surface area contributed by atoms with Gasteiger partial charge in [0.1, 0.15) is 0 Å². The number of hydrogen-bond donors (Lipinski definition) is 2. The van der Waals surface area contributed by atoms with Gasteiger partial charge in [-0.1, -0.05) is 6.92 Å². The molecule has 0 spiro atoms. The first-order valence-corrected chi connectivity index (χ1v) is 7.68. The second kappa shape index (κ2) is 5.83. The molecular weight excluding hydrogens is 248 g/mol. The molecule has 0 aliphatic carbocycles. The zero-order chi connectivity index (χ0) is 13.9. The Balaban J connectivity index is 1.62. The minimum Gasteiger partial charge on any atom is -0.382 e. The van der Waals surface area contributed by atoms with Crippen LogP contribution in [0.2, 0.25) is 0 Å². The molecular formula is C16H24N4. The Morgan fingerprint density at radius 1 is 1.40 bits per heavy atom. The van der Waals surface area contributed by atoms with Crippen molar-refractivity contribution in [1.29, 1.82) is 0 Å². The monoisotopic (exact) mass is 272 g/mol. The van der Waals surface area contributed by atoms with Gasteiger partial charge in [-0.25, -0.2) is 0 Å². The van der Waals surface area contributed by atoms with Gasteiger partial charge in [0, 0.05) is 17.1 Å².